The molecule has 0 bridgehead atoms. The van der Waals surface area contributed by atoms with E-state index in [9.17, 15) is 4.79 Å². The van der Waals surface area contributed by atoms with Gasteiger partial charge in [0.15, 0.2) is 0 Å². The number of amides is 1. The highest BCUT2D eigenvalue weighted by atomic mass is 32.2. The molecule has 0 unspecified atom stereocenters. The van der Waals surface area contributed by atoms with Crippen LogP contribution in [-0.4, -0.2) is 24.0 Å². The topological polar surface area (TPSA) is 92.4 Å². The number of rotatable bonds is 9. The molecule has 0 aliphatic heterocycles. The van der Waals surface area contributed by atoms with E-state index in [-0.39, 0.29) is 12.4 Å². The number of hydrogen-bond donors (Lipinski definition) is 3. The SMILES string of the molecule is C=C(/C=C/c1cccc(NC(=O)c2cc(C)cc(C(C)C)c2)c1)S/C=C(\C)c1ccccc1.CCCN.O=CO. The molecule has 3 aromatic carbocycles. The Morgan fingerprint density at radius 3 is 2.30 bits per heavy atom. The van der Waals surface area contributed by atoms with Gasteiger partial charge in [-0.15, -0.1) is 0 Å². The number of aryl methyl sites for hydroxylation is 1. The molecule has 0 radical (unpaired) electrons. The summed E-state index contributed by atoms with van der Waals surface area (Å²) in [5.74, 6) is 0.283. The lowest BCUT2D eigenvalue weighted by atomic mass is 9.98. The largest absolute Gasteiger partial charge is 0.483 e. The second-order valence-corrected chi connectivity index (χ2v) is 10.3. The average Bonchev–Trinajstić information content (AvgIpc) is 2.95. The summed E-state index contributed by atoms with van der Waals surface area (Å²) in [5.41, 5.74) is 12.2. The van der Waals surface area contributed by atoms with E-state index in [4.69, 9.17) is 15.6 Å². The van der Waals surface area contributed by atoms with E-state index in [0.29, 0.717) is 11.5 Å². The highest BCUT2D eigenvalue weighted by molar-refractivity contribution is 8.06. The number of carboxylic acid groups (broad SMARTS) is 1. The fraction of sp³-hybridized carbons (Fsp3) is 0.235. The Kier molecular flexibility index (Phi) is 16.4. The lowest BCUT2D eigenvalue weighted by Gasteiger charge is -2.11. The molecule has 1 amide bonds. The van der Waals surface area contributed by atoms with Gasteiger partial charge in [-0.2, -0.15) is 0 Å². The number of nitrogens with two attached hydrogens (primary N) is 1. The zero-order valence-electron chi connectivity index (χ0n) is 24.2. The fourth-order valence-corrected chi connectivity index (χ4v) is 3.97. The molecule has 3 rings (SSSR count). The molecule has 0 atom stereocenters. The summed E-state index contributed by atoms with van der Waals surface area (Å²) in [6.07, 6.45) is 5.11. The second-order valence-electron chi connectivity index (χ2n) is 9.35. The van der Waals surface area contributed by atoms with Crippen LogP contribution in [0.15, 0.2) is 95.8 Å². The van der Waals surface area contributed by atoms with Crippen molar-refractivity contribution in [3.05, 3.63) is 124 Å². The lowest BCUT2D eigenvalue weighted by Crippen LogP contribution is -2.12. The smallest absolute Gasteiger partial charge is 0.290 e. The summed E-state index contributed by atoms with van der Waals surface area (Å²) in [7, 11) is 0. The van der Waals surface area contributed by atoms with Crippen LogP contribution in [-0.2, 0) is 4.79 Å². The van der Waals surface area contributed by atoms with Crippen LogP contribution < -0.4 is 11.1 Å². The van der Waals surface area contributed by atoms with Crippen molar-refractivity contribution in [3.63, 3.8) is 0 Å². The monoisotopic (exact) mass is 558 g/mol. The van der Waals surface area contributed by atoms with Gasteiger partial charge < -0.3 is 16.2 Å². The maximum Gasteiger partial charge on any atom is 0.290 e. The number of allylic oxidation sites excluding steroid dienone is 2. The highest BCUT2D eigenvalue weighted by Gasteiger charge is 2.10. The van der Waals surface area contributed by atoms with Gasteiger partial charge in [0.05, 0.1) is 0 Å². The van der Waals surface area contributed by atoms with E-state index in [0.717, 1.165) is 34.7 Å². The first-order chi connectivity index (χ1) is 19.1. The zero-order valence-corrected chi connectivity index (χ0v) is 25.0. The fourth-order valence-electron chi connectivity index (χ4n) is 3.36. The Balaban J connectivity index is 0.00000103. The molecule has 4 N–H and O–H groups in total. The molecule has 212 valence electrons. The number of thioether (sulfide) groups is 1. The normalized spacial score (nSPS) is 10.7. The third-order valence-electron chi connectivity index (χ3n) is 5.54. The van der Waals surface area contributed by atoms with Crippen molar-refractivity contribution in [1.82, 2.24) is 0 Å². The Morgan fingerprint density at radius 1 is 1.05 bits per heavy atom. The predicted molar refractivity (Wildman–Crippen MR) is 174 cm³/mol. The number of benzene rings is 3. The van der Waals surface area contributed by atoms with Crippen molar-refractivity contribution in [3.8, 4) is 0 Å². The molecule has 0 saturated carbocycles. The summed E-state index contributed by atoms with van der Waals surface area (Å²) >= 11 is 1.60. The van der Waals surface area contributed by atoms with Crippen molar-refractivity contribution >= 4 is 41.5 Å². The van der Waals surface area contributed by atoms with Gasteiger partial charge in [-0.05, 0) is 90.7 Å². The summed E-state index contributed by atoms with van der Waals surface area (Å²) in [6.45, 7) is 15.2. The minimum absolute atomic E-state index is 0.0942. The molecule has 6 heteroatoms. The van der Waals surface area contributed by atoms with E-state index in [1.165, 1.54) is 16.7 Å². The van der Waals surface area contributed by atoms with Crippen molar-refractivity contribution in [2.45, 2.75) is 47.0 Å². The maximum absolute atomic E-state index is 12.8. The molecule has 0 aliphatic carbocycles. The summed E-state index contributed by atoms with van der Waals surface area (Å²) in [5, 5.41) is 12.0. The van der Waals surface area contributed by atoms with Crippen molar-refractivity contribution < 1.29 is 14.7 Å². The molecule has 40 heavy (non-hydrogen) atoms. The average molecular weight is 559 g/mol. The number of anilines is 1. The Labute approximate surface area is 243 Å². The Hall–Kier alpha value is -3.87. The lowest BCUT2D eigenvalue weighted by molar-refractivity contribution is -0.122. The van der Waals surface area contributed by atoms with Gasteiger partial charge in [0, 0.05) is 16.2 Å². The predicted octanol–water partition coefficient (Wildman–Crippen LogP) is 8.75. The first-order valence-electron chi connectivity index (χ1n) is 13.2. The minimum Gasteiger partial charge on any atom is -0.483 e. The zero-order chi connectivity index (χ0) is 29.9. The highest BCUT2D eigenvalue weighted by Crippen LogP contribution is 2.24. The standard InChI is InChI=1S/C30H31NOS.C3H9N.CH2O2/c1-21(2)27-16-22(3)17-28(19-27)30(32)31-29-13-9-10-25(18-29)15-14-24(5)33-20-23(4)26-11-7-6-8-12-26;1-2-3-4;2-1-3/h6-21H,5H2,1-4H3,(H,31,32);2-4H2,1H3;1H,(H,2,3)/b15-14+,23-20+;;. The van der Waals surface area contributed by atoms with Crippen LogP contribution in [0.1, 0.15) is 72.6 Å². The van der Waals surface area contributed by atoms with Gasteiger partial charge in [0.2, 0.25) is 0 Å². The van der Waals surface area contributed by atoms with Gasteiger partial charge in [0.1, 0.15) is 0 Å². The Bertz CT molecular complexity index is 1280. The van der Waals surface area contributed by atoms with Crippen LogP contribution in [0.4, 0.5) is 5.69 Å². The van der Waals surface area contributed by atoms with Crippen LogP contribution in [0.25, 0.3) is 11.6 Å². The van der Waals surface area contributed by atoms with Crippen LogP contribution in [0.3, 0.4) is 0 Å². The van der Waals surface area contributed by atoms with Crippen molar-refractivity contribution in [2.75, 3.05) is 11.9 Å². The number of carbonyl (C=O) groups is 2. The molecule has 0 aromatic heterocycles. The number of nitrogens with one attached hydrogen (secondary N) is 1. The van der Waals surface area contributed by atoms with Crippen LogP contribution in [0, 0.1) is 6.92 Å². The molecule has 0 fully saturated rings. The molecule has 0 heterocycles. The summed E-state index contributed by atoms with van der Waals surface area (Å²) in [4.78, 5) is 22.1. The van der Waals surface area contributed by atoms with E-state index in [1.807, 2.05) is 73.7 Å². The number of carbonyl (C=O) groups excluding carboxylic acids is 1. The first kappa shape index (κ1) is 34.2. The molecular formula is C34H42N2O3S. The first-order valence-corrected chi connectivity index (χ1v) is 14.1. The van der Waals surface area contributed by atoms with Crippen LogP contribution >= 0.6 is 11.8 Å². The third-order valence-corrected chi connectivity index (χ3v) is 6.45. The van der Waals surface area contributed by atoms with E-state index in [1.54, 1.807) is 11.8 Å². The molecule has 0 aliphatic rings. The molecule has 0 saturated heterocycles. The van der Waals surface area contributed by atoms with Gasteiger partial charge >= 0.3 is 0 Å². The van der Waals surface area contributed by atoms with Crippen LogP contribution in [0.2, 0.25) is 0 Å². The number of hydrogen-bond acceptors (Lipinski definition) is 4. The second kappa shape index (κ2) is 19.2. The van der Waals surface area contributed by atoms with Gasteiger partial charge in [-0.3, -0.25) is 9.59 Å². The quantitative estimate of drug-likeness (QED) is 0.180. The molecule has 3 aromatic rings. The molecular weight excluding hydrogens is 516 g/mol. The van der Waals surface area contributed by atoms with E-state index in [2.05, 4.69) is 63.2 Å². The third kappa shape index (κ3) is 13.3. The van der Waals surface area contributed by atoms with Crippen molar-refractivity contribution in [1.29, 1.82) is 0 Å². The van der Waals surface area contributed by atoms with E-state index < -0.39 is 0 Å². The Morgan fingerprint density at radius 2 is 1.70 bits per heavy atom. The van der Waals surface area contributed by atoms with Gasteiger partial charge in [-0.1, -0.05) is 99.3 Å². The van der Waals surface area contributed by atoms with Crippen molar-refractivity contribution in [2.24, 2.45) is 5.73 Å². The molecule has 5 nitrogen and oxygen atoms in total. The molecule has 0 spiro atoms. The van der Waals surface area contributed by atoms with Gasteiger partial charge in [0.25, 0.3) is 12.4 Å². The summed E-state index contributed by atoms with van der Waals surface area (Å²) in [6, 6.07) is 24.2. The van der Waals surface area contributed by atoms with Gasteiger partial charge in [-0.25, -0.2) is 0 Å². The van der Waals surface area contributed by atoms with E-state index >= 15 is 0 Å². The maximum atomic E-state index is 12.8. The minimum atomic E-state index is -0.250. The van der Waals surface area contributed by atoms with Crippen LogP contribution in [0.5, 0.6) is 0 Å². The summed E-state index contributed by atoms with van der Waals surface area (Å²) < 4.78 is 0.